The summed E-state index contributed by atoms with van der Waals surface area (Å²) in [4.78, 5) is 12.7. The lowest BCUT2D eigenvalue weighted by Crippen LogP contribution is -2.38. The number of nitrogens with one attached hydrogen (secondary N) is 1. The number of aromatic nitrogens is 4. The van der Waals surface area contributed by atoms with E-state index >= 15 is 0 Å². The third kappa shape index (κ3) is 3.40. The van der Waals surface area contributed by atoms with Crippen LogP contribution in [0.5, 0.6) is 0 Å². The second kappa shape index (κ2) is 7.08. The lowest BCUT2D eigenvalue weighted by molar-refractivity contribution is 0.238. The van der Waals surface area contributed by atoms with Crippen molar-refractivity contribution in [2.45, 2.75) is 43.0 Å². The first-order chi connectivity index (χ1) is 12.6. The summed E-state index contributed by atoms with van der Waals surface area (Å²) in [7, 11) is 0. The zero-order valence-electron chi connectivity index (χ0n) is 15.0. The van der Waals surface area contributed by atoms with E-state index in [-0.39, 0.29) is 0 Å². The van der Waals surface area contributed by atoms with E-state index in [0.717, 1.165) is 40.0 Å². The Morgan fingerprint density at radius 1 is 1.27 bits per heavy atom. The highest BCUT2D eigenvalue weighted by atomic mass is 35.5. The molecule has 1 fully saturated rings. The van der Waals surface area contributed by atoms with Crippen molar-refractivity contribution in [3.8, 4) is 0 Å². The molecule has 0 spiro atoms. The second-order valence-corrected chi connectivity index (χ2v) is 8.58. The Hall–Kier alpha value is -1.79. The molecule has 1 aromatic carbocycles. The lowest BCUT2D eigenvalue weighted by Gasteiger charge is -2.39. The molecule has 0 aliphatic carbocycles. The molecule has 26 heavy (non-hydrogen) atoms. The van der Waals surface area contributed by atoms with Gasteiger partial charge in [0.25, 0.3) is 0 Å². The first-order valence-corrected chi connectivity index (χ1v) is 10.2. The van der Waals surface area contributed by atoms with Gasteiger partial charge in [-0.2, -0.15) is 5.10 Å². The van der Waals surface area contributed by atoms with Gasteiger partial charge in [0.05, 0.1) is 11.2 Å². The van der Waals surface area contributed by atoms with E-state index in [0.29, 0.717) is 10.4 Å². The molecular formula is C19H22ClN5S. The van der Waals surface area contributed by atoms with Crippen LogP contribution in [0.2, 0.25) is 5.02 Å². The molecule has 1 aliphatic rings. The van der Waals surface area contributed by atoms with E-state index in [1.807, 2.05) is 30.5 Å². The zero-order chi connectivity index (χ0) is 18.1. The van der Waals surface area contributed by atoms with Gasteiger partial charge in [0.1, 0.15) is 11.3 Å². The topological polar surface area (TPSA) is 57.7 Å². The van der Waals surface area contributed by atoms with Crippen molar-refractivity contribution in [1.29, 1.82) is 0 Å². The average Bonchev–Trinajstić information content (AvgIpc) is 3.06. The Labute approximate surface area is 162 Å². The molecule has 3 aromatic rings. The highest BCUT2D eigenvalue weighted by molar-refractivity contribution is 7.99. The highest BCUT2D eigenvalue weighted by Crippen LogP contribution is 2.37. The minimum atomic E-state index is 0.459. The molecular weight excluding hydrogens is 366 g/mol. The van der Waals surface area contributed by atoms with Crippen molar-refractivity contribution < 1.29 is 0 Å². The number of H-pyrrole nitrogens is 1. The Morgan fingerprint density at radius 2 is 2.04 bits per heavy atom. The fourth-order valence-corrected chi connectivity index (χ4v) is 4.36. The Kier molecular flexibility index (Phi) is 4.80. The number of aromatic amines is 1. The lowest BCUT2D eigenvalue weighted by atomic mass is 9.78. The quantitative estimate of drug-likeness (QED) is 0.668. The van der Waals surface area contributed by atoms with Crippen molar-refractivity contribution in [3.63, 3.8) is 0 Å². The van der Waals surface area contributed by atoms with Crippen molar-refractivity contribution in [2.75, 3.05) is 18.0 Å². The molecule has 0 saturated carbocycles. The van der Waals surface area contributed by atoms with Gasteiger partial charge in [-0.05, 0) is 30.4 Å². The summed E-state index contributed by atoms with van der Waals surface area (Å²) in [6.07, 6.45) is 5.48. The van der Waals surface area contributed by atoms with Crippen LogP contribution in [0.15, 0.2) is 40.4 Å². The third-order valence-electron chi connectivity index (χ3n) is 5.42. The molecule has 0 radical (unpaired) electrons. The zero-order valence-corrected chi connectivity index (χ0v) is 16.6. The summed E-state index contributed by atoms with van der Waals surface area (Å²) >= 11 is 7.76. The minimum Gasteiger partial charge on any atom is -0.355 e. The van der Waals surface area contributed by atoms with E-state index in [4.69, 9.17) is 16.6 Å². The third-order valence-corrected chi connectivity index (χ3v) is 6.91. The number of benzene rings is 1. The number of fused-ring (bicyclic) bond motifs is 1. The summed E-state index contributed by atoms with van der Waals surface area (Å²) < 4.78 is 0. The standard InChI is InChI=1S/C19H22ClN5S/c1-3-19(2)8-10-25(11-9-19)15-12-21-16-17(22-15)23-24-18(16)26-14-7-5-4-6-13(14)20/h4-7,12H,3,8-11H2,1-2H3,(H,22,23,24). The molecule has 1 N–H and O–H groups in total. The number of piperidine rings is 1. The number of nitrogens with zero attached hydrogens (tertiary/aromatic N) is 4. The molecule has 3 heterocycles. The van der Waals surface area contributed by atoms with Gasteiger partial charge in [-0.25, -0.2) is 9.97 Å². The molecule has 4 rings (SSSR count). The largest absolute Gasteiger partial charge is 0.355 e. The first kappa shape index (κ1) is 17.6. The molecule has 1 saturated heterocycles. The van der Waals surface area contributed by atoms with Gasteiger partial charge in [0.15, 0.2) is 10.7 Å². The van der Waals surface area contributed by atoms with Gasteiger partial charge in [-0.3, -0.25) is 5.10 Å². The number of hydrogen-bond donors (Lipinski definition) is 1. The van der Waals surface area contributed by atoms with Crippen LogP contribution in [0.1, 0.15) is 33.1 Å². The van der Waals surface area contributed by atoms with Crippen LogP contribution in [-0.2, 0) is 0 Å². The SMILES string of the molecule is CCC1(C)CCN(c2cnc3c(Sc4ccccc4Cl)n[nH]c3n2)CC1. The normalized spacial score (nSPS) is 17.0. The molecule has 0 amide bonds. The van der Waals surface area contributed by atoms with Gasteiger partial charge in [0, 0.05) is 18.0 Å². The van der Waals surface area contributed by atoms with Crippen molar-refractivity contribution in [1.82, 2.24) is 20.2 Å². The molecule has 2 aromatic heterocycles. The van der Waals surface area contributed by atoms with E-state index in [1.165, 1.54) is 31.0 Å². The van der Waals surface area contributed by atoms with E-state index < -0.39 is 0 Å². The molecule has 5 nitrogen and oxygen atoms in total. The average molecular weight is 388 g/mol. The number of anilines is 1. The monoisotopic (exact) mass is 387 g/mol. The summed E-state index contributed by atoms with van der Waals surface area (Å²) in [6, 6.07) is 7.74. The fourth-order valence-electron chi connectivity index (χ4n) is 3.26. The molecule has 7 heteroatoms. The predicted molar refractivity (Wildman–Crippen MR) is 107 cm³/mol. The maximum atomic E-state index is 6.25. The number of hydrogen-bond acceptors (Lipinski definition) is 5. The van der Waals surface area contributed by atoms with Gasteiger partial charge >= 0.3 is 0 Å². The highest BCUT2D eigenvalue weighted by Gasteiger charge is 2.29. The van der Waals surface area contributed by atoms with Crippen molar-refractivity contribution >= 4 is 40.3 Å². The van der Waals surface area contributed by atoms with E-state index in [1.54, 1.807) is 0 Å². The minimum absolute atomic E-state index is 0.459. The predicted octanol–water partition coefficient (Wildman–Crippen LogP) is 5.17. The first-order valence-electron chi connectivity index (χ1n) is 8.96. The maximum Gasteiger partial charge on any atom is 0.177 e. The van der Waals surface area contributed by atoms with Crippen LogP contribution in [0.25, 0.3) is 11.2 Å². The Bertz CT molecular complexity index is 917. The maximum absolute atomic E-state index is 6.25. The van der Waals surface area contributed by atoms with Crippen LogP contribution in [-0.4, -0.2) is 33.3 Å². The van der Waals surface area contributed by atoms with Crippen LogP contribution in [0, 0.1) is 5.41 Å². The van der Waals surface area contributed by atoms with Gasteiger partial charge < -0.3 is 4.90 Å². The number of halogens is 1. The fraction of sp³-hybridized carbons (Fsp3) is 0.421. The molecule has 0 unspecified atom stereocenters. The smallest absolute Gasteiger partial charge is 0.177 e. The van der Waals surface area contributed by atoms with Crippen LogP contribution < -0.4 is 4.90 Å². The second-order valence-electron chi connectivity index (χ2n) is 7.14. The van der Waals surface area contributed by atoms with Crippen molar-refractivity contribution in [2.24, 2.45) is 5.41 Å². The molecule has 1 aliphatic heterocycles. The van der Waals surface area contributed by atoms with Gasteiger partial charge in [0.2, 0.25) is 0 Å². The summed E-state index contributed by atoms with van der Waals surface area (Å²) in [5, 5.41) is 8.92. The van der Waals surface area contributed by atoms with Crippen LogP contribution in [0.3, 0.4) is 0 Å². The van der Waals surface area contributed by atoms with Gasteiger partial charge in [-0.15, -0.1) is 0 Å². The molecule has 136 valence electrons. The summed E-state index contributed by atoms with van der Waals surface area (Å²) in [5.41, 5.74) is 1.97. The Balaban J connectivity index is 1.55. The Morgan fingerprint density at radius 3 is 2.77 bits per heavy atom. The summed E-state index contributed by atoms with van der Waals surface area (Å²) in [6.45, 7) is 6.72. The summed E-state index contributed by atoms with van der Waals surface area (Å²) in [5.74, 6) is 0.925. The van der Waals surface area contributed by atoms with Crippen LogP contribution in [0.4, 0.5) is 5.82 Å². The van der Waals surface area contributed by atoms with E-state index in [9.17, 15) is 0 Å². The molecule has 0 atom stereocenters. The number of rotatable bonds is 4. The van der Waals surface area contributed by atoms with Gasteiger partial charge in [-0.1, -0.05) is 55.8 Å². The van der Waals surface area contributed by atoms with Crippen molar-refractivity contribution in [3.05, 3.63) is 35.5 Å². The molecule has 0 bridgehead atoms. The van der Waals surface area contributed by atoms with E-state index in [2.05, 4.69) is 33.9 Å². The van der Waals surface area contributed by atoms with Crippen LogP contribution >= 0.6 is 23.4 Å².